The Morgan fingerprint density at radius 3 is 2.60 bits per heavy atom. The summed E-state index contributed by atoms with van der Waals surface area (Å²) in [6.45, 7) is 2.98. The minimum atomic E-state index is 0.369. The summed E-state index contributed by atoms with van der Waals surface area (Å²) >= 11 is 2.03. The van der Waals surface area contributed by atoms with Crippen LogP contribution in [-0.2, 0) is 0 Å². The average molecular weight is 223 g/mol. The summed E-state index contributed by atoms with van der Waals surface area (Å²) < 4.78 is 0. The molecule has 1 atom stereocenters. The van der Waals surface area contributed by atoms with Gasteiger partial charge in [0.2, 0.25) is 0 Å². The number of aromatic nitrogens is 1. The first-order valence-corrected chi connectivity index (χ1v) is 6.49. The van der Waals surface area contributed by atoms with Gasteiger partial charge in [-0.2, -0.15) is 11.8 Å². The molecule has 1 aliphatic heterocycles. The Morgan fingerprint density at radius 2 is 2.00 bits per heavy atom. The van der Waals surface area contributed by atoms with E-state index in [4.69, 9.17) is 5.73 Å². The summed E-state index contributed by atoms with van der Waals surface area (Å²) in [5.41, 5.74) is 7.16. The van der Waals surface area contributed by atoms with Crippen LogP contribution in [0.4, 0.5) is 0 Å². The Morgan fingerprint density at radius 1 is 1.33 bits per heavy atom. The molecule has 0 spiro atoms. The zero-order valence-electron chi connectivity index (χ0n) is 8.80. The van der Waals surface area contributed by atoms with Crippen molar-refractivity contribution < 1.29 is 0 Å². The number of thioether (sulfide) groups is 1. The van der Waals surface area contributed by atoms with Gasteiger partial charge in [0.1, 0.15) is 0 Å². The molecule has 82 valence electrons. The highest BCUT2D eigenvalue weighted by Crippen LogP contribution is 2.22. The molecule has 4 heteroatoms. The highest BCUT2D eigenvalue weighted by atomic mass is 32.2. The number of nitrogens with two attached hydrogens (primary N) is 1. The number of nitrogens with zero attached hydrogens (tertiary/aromatic N) is 2. The normalized spacial score (nSPS) is 20.1. The van der Waals surface area contributed by atoms with Crippen LogP contribution in [0.1, 0.15) is 11.6 Å². The first-order chi connectivity index (χ1) is 7.42. The molecule has 3 nitrogen and oxygen atoms in total. The van der Waals surface area contributed by atoms with Gasteiger partial charge in [-0.25, -0.2) is 0 Å². The van der Waals surface area contributed by atoms with Crippen LogP contribution in [0.5, 0.6) is 0 Å². The van der Waals surface area contributed by atoms with Gasteiger partial charge in [-0.05, 0) is 17.7 Å². The van der Waals surface area contributed by atoms with Crippen molar-refractivity contribution in [2.75, 3.05) is 31.1 Å². The van der Waals surface area contributed by atoms with E-state index < -0.39 is 0 Å². The zero-order valence-corrected chi connectivity index (χ0v) is 9.62. The third-order valence-corrected chi connectivity index (χ3v) is 3.74. The minimum absolute atomic E-state index is 0.369. The van der Waals surface area contributed by atoms with E-state index in [1.54, 1.807) is 0 Å². The van der Waals surface area contributed by atoms with E-state index >= 15 is 0 Å². The Kier molecular flexibility index (Phi) is 4.00. The lowest BCUT2D eigenvalue weighted by Gasteiger charge is -2.33. The lowest BCUT2D eigenvalue weighted by atomic mass is 10.1. The summed E-state index contributed by atoms with van der Waals surface area (Å²) in [6, 6.07) is 4.51. The first-order valence-electron chi connectivity index (χ1n) is 5.33. The maximum atomic E-state index is 5.87. The van der Waals surface area contributed by atoms with Crippen molar-refractivity contribution in [3.63, 3.8) is 0 Å². The molecule has 1 aliphatic rings. The van der Waals surface area contributed by atoms with Gasteiger partial charge >= 0.3 is 0 Å². The Hall–Kier alpha value is -0.580. The molecule has 0 radical (unpaired) electrons. The number of hydrogen-bond acceptors (Lipinski definition) is 4. The molecule has 0 aromatic carbocycles. The van der Waals surface area contributed by atoms with E-state index in [0.717, 1.165) is 13.1 Å². The lowest BCUT2D eigenvalue weighted by Crippen LogP contribution is -2.39. The highest BCUT2D eigenvalue weighted by molar-refractivity contribution is 7.99. The summed E-state index contributed by atoms with van der Waals surface area (Å²) in [4.78, 5) is 6.52. The summed E-state index contributed by atoms with van der Waals surface area (Å²) in [6.07, 6.45) is 3.69. The summed E-state index contributed by atoms with van der Waals surface area (Å²) in [7, 11) is 0. The molecule has 0 saturated carbocycles. The fraction of sp³-hybridized carbons (Fsp3) is 0.545. The molecule has 1 fully saturated rings. The van der Waals surface area contributed by atoms with Crippen LogP contribution in [0, 0.1) is 0 Å². The number of rotatable bonds is 3. The van der Waals surface area contributed by atoms with Crippen molar-refractivity contribution in [2.45, 2.75) is 6.04 Å². The second-order valence-corrected chi connectivity index (χ2v) is 4.91. The van der Waals surface area contributed by atoms with Crippen LogP contribution in [-0.4, -0.2) is 41.0 Å². The molecule has 15 heavy (non-hydrogen) atoms. The number of hydrogen-bond donors (Lipinski definition) is 1. The van der Waals surface area contributed by atoms with Gasteiger partial charge < -0.3 is 5.73 Å². The van der Waals surface area contributed by atoms with Gasteiger partial charge in [-0.15, -0.1) is 0 Å². The Labute approximate surface area is 95.1 Å². The zero-order chi connectivity index (χ0) is 10.5. The monoisotopic (exact) mass is 223 g/mol. The van der Waals surface area contributed by atoms with Gasteiger partial charge in [0.25, 0.3) is 0 Å². The quantitative estimate of drug-likeness (QED) is 0.834. The van der Waals surface area contributed by atoms with Crippen LogP contribution in [0.2, 0.25) is 0 Å². The summed E-state index contributed by atoms with van der Waals surface area (Å²) in [5.74, 6) is 2.45. The fourth-order valence-electron chi connectivity index (χ4n) is 1.97. The van der Waals surface area contributed by atoms with Crippen molar-refractivity contribution in [2.24, 2.45) is 5.73 Å². The predicted octanol–water partition coefficient (Wildman–Crippen LogP) is 1.13. The second-order valence-electron chi connectivity index (χ2n) is 3.68. The molecule has 2 rings (SSSR count). The topological polar surface area (TPSA) is 42.1 Å². The molecule has 0 bridgehead atoms. The lowest BCUT2D eigenvalue weighted by molar-refractivity contribution is 0.223. The third kappa shape index (κ3) is 2.71. The van der Waals surface area contributed by atoms with Gasteiger partial charge in [0.05, 0.1) is 0 Å². The van der Waals surface area contributed by atoms with E-state index in [-0.39, 0.29) is 0 Å². The van der Waals surface area contributed by atoms with E-state index in [2.05, 4.69) is 22.0 Å². The first kappa shape index (κ1) is 10.9. The predicted molar refractivity (Wildman–Crippen MR) is 64.9 cm³/mol. The molecule has 1 aromatic heterocycles. The molecular weight excluding hydrogens is 206 g/mol. The Balaban J connectivity index is 2.09. The van der Waals surface area contributed by atoms with Crippen molar-refractivity contribution >= 4 is 11.8 Å². The van der Waals surface area contributed by atoms with E-state index in [0.29, 0.717) is 12.6 Å². The van der Waals surface area contributed by atoms with Crippen LogP contribution >= 0.6 is 11.8 Å². The van der Waals surface area contributed by atoms with Crippen LogP contribution < -0.4 is 5.73 Å². The minimum Gasteiger partial charge on any atom is -0.329 e. The largest absolute Gasteiger partial charge is 0.329 e. The molecule has 0 amide bonds. The number of pyridine rings is 1. The SMILES string of the molecule is NCC(c1ccncc1)N1CCSCC1. The Bertz CT molecular complexity index is 285. The van der Waals surface area contributed by atoms with Crippen LogP contribution in [0.15, 0.2) is 24.5 Å². The van der Waals surface area contributed by atoms with E-state index in [1.165, 1.54) is 17.1 Å². The van der Waals surface area contributed by atoms with Gasteiger partial charge in [0, 0.05) is 49.6 Å². The van der Waals surface area contributed by atoms with Crippen molar-refractivity contribution in [3.8, 4) is 0 Å². The molecule has 1 unspecified atom stereocenters. The smallest absolute Gasteiger partial charge is 0.0472 e. The molecule has 1 saturated heterocycles. The standard InChI is InChI=1S/C11H17N3S/c12-9-11(10-1-3-13-4-2-10)14-5-7-15-8-6-14/h1-4,11H,5-9,12H2. The summed E-state index contributed by atoms with van der Waals surface area (Å²) in [5, 5.41) is 0. The van der Waals surface area contributed by atoms with Crippen LogP contribution in [0.3, 0.4) is 0 Å². The molecule has 2 N–H and O–H groups in total. The average Bonchev–Trinajstić information content (AvgIpc) is 2.33. The van der Waals surface area contributed by atoms with Crippen molar-refractivity contribution in [1.29, 1.82) is 0 Å². The van der Waals surface area contributed by atoms with Gasteiger partial charge in [-0.3, -0.25) is 9.88 Å². The van der Waals surface area contributed by atoms with E-state index in [1.807, 2.05) is 24.2 Å². The molecular formula is C11H17N3S. The maximum Gasteiger partial charge on any atom is 0.0472 e. The van der Waals surface area contributed by atoms with Gasteiger partial charge in [-0.1, -0.05) is 0 Å². The fourth-order valence-corrected chi connectivity index (χ4v) is 2.90. The molecule has 0 aliphatic carbocycles. The van der Waals surface area contributed by atoms with E-state index in [9.17, 15) is 0 Å². The molecule has 1 aromatic rings. The maximum absolute atomic E-state index is 5.87. The van der Waals surface area contributed by atoms with Gasteiger partial charge in [0.15, 0.2) is 0 Å². The highest BCUT2D eigenvalue weighted by Gasteiger charge is 2.20. The second kappa shape index (κ2) is 5.49. The molecule has 2 heterocycles. The third-order valence-electron chi connectivity index (χ3n) is 2.80. The van der Waals surface area contributed by atoms with Crippen LogP contribution in [0.25, 0.3) is 0 Å². The van der Waals surface area contributed by atoms with Crippen molar-refractivity contribution in [3.05, 3.63) is 30.1 Å². The van der Waals surface area contributed by atoms with Crippen molar-refractivity contribution in [1.82, 2.24) is 9.88 Å².